The molecule has 2 N–H and O–H groups in total. The summed E-state index contributed by atoms with van der Waals surface area (Å²) in [4.78, 5) is 0. The van der Waals surface area contributed by atoms with Crippen LogP contribution < -0.4 is 5.73 Å². The minimum absolute atomic E-state index is 0.114. The summed E-state index contributed by atoms with van der Waals surface area (Å²) in [6.07, 6.45) is 8.37. The lowest BCUT2D eigenvalue weighted by Crippen LogP contribution is -2.49. The molecule has 152 valence electrons. The van der Waals surface area contributed by atoms with Crippen LogP contribution in [0.5, 0.6) is 0 Å². The van der Waals surface area contributed by atoms with Crippen LogP contribution in [-0.2, 0) is 18.0 Å². The Morgan fingerprint density at radius 3 is 1.56 bits per heavy atom. The van der Waals surface area contributed by atoms with E-state index in [1.54, 1.807) is 0 Å². The van der Waals surface area contributed by atoms with E-state index in [1.165, 1.54) is 0 Å². The number of rotatable bonds is 19. The van der Waals surface area contributed by atoms with Crippen LogP contribution in [-0.4, -0.2) is 47.9 Å². The SMILES string of the molecule is CCCCO[Si](CC(CC)OCCCN)(OCCCC)OCCCC. The standard InChI is InChI=1S/C19H43NO4Si/c1-5-9-15-22-25(23-16-10-6-2,24-17-11-7-3)18-19(8-4)21-14-12-13-20/h19H,5-18,20H2,1-4H3. The maximum atomic E-state index is 6.29. The molecular formula is C19H43NO4Si. The lowest BCUT2D eigenvalue weighted by Gasteiger charge is -2.32. The molecule has 6 heteroatoms. The predicted octanol–water partition coefficient (Wildman–Crippen LogP) is 4.52. The second-order valence-electron chi connectivity index (χ2n) is 6.54. The highest BCUT2D eigenvalue weighted by Gasteiger charge is 2.43. The van der Waals surface area contributed by atoms with Gasteiger partial charge in [-0.25, -0.2) is 0 Å². The minimum Gasteiger partial charge on any atom is -0.378 e. The summed E-state index contributed by atoms with van der Waals surface area (Å²) in [5, 5.41) is 0. The fourth-order valence-corrected chi connectivity index (χ4v) is 5.28. The van der Waals surface area contributed by atoms with Crippen LogP contribution >= 0.6 is 0 Å². The second kappa shape index (κ2) is 17.4. The summed E-state index contributed by atoms with van der Waals surface area (Å²) in [5.41, 5.74) is 5.58. The largest absolute Gasteiger partial charge is 0.503 e. The first-order valence-corrected chi connectivity index (χ1v) is 12.3. The lowest BCUT2D eigenvalue weighted by atomic mass is 10.3. The van der Waals surface area contributed by atoms with Crippen molar-refractivity contribution in [2.45, 2.75) is 91.2 Å². The molecule has 5 nitrogen and oxygen atoms in total. The molecule has 0 fully saturated rings. The molecule has 0 spiro atoms. The van der Waals surface area contributed by atoms with Crippen molar-refractivity contribution in [3.05, 3.63) is 0 Å². The van der Waals surface area contributed by atoms with Gasteiger partial charge in [0.05, 0.1) is 6.10 Å². The topological polar surface area (TPSA) is 62.9 Å². The summed E-state index contributed by atoms with van der Waals surface area (Å²) in [7, 11) is -2.71. The van der Waals surface area contributed by atoms with E-state index in [4.69, 9.17) is 23.7 Å². The molecule has 0 aromatic heterocycles. The monoisotopic (exact) mass is 377 g/mol. The summed E-state index contributed by atoms with van der Waals surface area (Å²) in [5.74, 6) is 0. The normalized spacial score (nSPS) is 13.3. The van der Waals surface area contributed by atoms with Gasteiger partial charge in [-0.2, -0.15) is 0 Å². The first-order valence-electron chi connectivity index (χ1n) is 10.4. The lowest BCUT2D eigenvalue weighted by molar-refractivity contribution is 0.0179. The van der Waals surface area contributed by atoms with E-state index in [0.29, 0.717) is 33.0 Å². The summed E-state index contributed by atoms with van der Waals surface area (Å²) >= 11 is 0. The second-order valence-corrected chi connectivity index (χ2v) is 9.18. The van der Waals surface area contributed by atoms with E-state index in [0.717, 1.165) is 57.4 Å². The van der Waals surface area contributed by atoms with Crippen LogP contribution in [0.3, 0.4) is 0 Å². The van der Waals surface area contributed by atoms with Crippen LogP contribution in [0.25, 0.3) is 0 Å². The molecule has 0 saturated carbocycles. The van der Waals surface area contributed by atoms with Crippen molar-refractivity contribution < 1.29 is 18.0 Å². The zero-order valence-corrected chi connectivity index (χ0v) is 18.2. The summed E-state index contributed by atoms with van der Waals surface area (Å²) < 4.78 is 24.9. The van der Waals surface area contributed by atoms with E-state index in [2.05, 4.69) is 27.7 Å². The van der Waals surface area contributed by atoms with E-state index in [1.807, 2.05) is 0 Å². The fourth-order valence-electron chi connectivity index (χ4n) is 2.35. The van der Waals surface area contributed by atoms with Crippen molar-refractivity contribution in [3.63, 3.8) is 0 Å². The van der Waals surface area contributed by atoms with Gasteiger partial charge in [-0.1, -0.05) is 47.0 Å². The smallest absolute Gasteiger partial charge is 0.378 e. The molecule has 25 heavy (non-hydrogen) atoms. The van der Waals surface area contributed by atoms with Crippen LogP contribution in [0.15, 0.2) is 0 Å². The molecule has 0 amide bonds. The Morgan fingerprint density at radius 1 is 0.720 bits per heavy atom. The molecule has 0 rings (SSSR count). The average molecular weight is 378 g/mol. The van der Waals surface area contributed by atoms with Crippen LogP contribution in [0.2, 0.25) is 6.04 Å². The maximum Gasteiger partial charge on any atom is 0.503 e. The van der Waals surface area contributed by atoms with Gasteiger partial charge < -0.3 is 23.7 Å². The third-order valence-electron chi connectivity index (χ3n) is 4.09. The van der Waals surface area contributed by atoms with E-state index >= 15 is 0 Å². The fraction of sp³-hybridized carbons (Fsp3) is 1.00. The average Bonchev–Trinajstić information content (AvgIpc) is 2.61. The Hall–Kier alpha value is 0.0169. The van der Waals surface area contributed by atoms with Gasteiger partial charge in [-0.05, 0) is 38.6 Å². The Balaban J connectivity index is 4.93. The van der Waals surface area contributed by atoms with E-state index in [-0.39, 0.29) is 6.10 Å². The molecular weight excluding hydrogens is 334 g/mol. The summed E-state index contributed by atoms with van der Waals surface area (Å²) in [6, 6.07) is 0.741. The van der Waals surface area contributed by atoms with Crippen molar-refractivity contribution in [1.29, 1.82) is 0 Å². The third-order valence-corrected chi connectivity index (χ3v) is 6.98. The van der Waals surface area contributed by atoms with Gasteiger partial charge >= 0.3 is 8.80 Å². The molecule has 0 heterocycles. The molecule has 0 bridgehead atoms. The van der Waals surface area contributed by atoms with Gasteiger partial charge in [0.2, 0.25) is 0 Å². The number of hydrogen-bond acceptors (Lipinski definition) is 5. The molecule has 0 saturated heterocycles. The highest BCUT2D eigenvalue weighted by molar-refractivity contribution is 6.60. The number of hydrogen-bond donors (Lipinski definition) is 1. The Kier molecular flexibility index (Phi) is 17.4. The van der Waals surface area contributed by atoms with Crippen molar-refractivity contribution in [3.8, 4) is 0 Å². The van der Waals surface area contributed by atoms with Gasteiger partial charge in [0.1, 0.15) is 0 Å². The number of nitrogens with two attached hydrogens (primary N) is 1. The molecule has 0 aromatic carbocycles. The van der Waals surface area contributed by atoms with Gasteiger partial charge in [0, 0.05) is 32.5 Å². The molecule has 0 radical (unpaired) electrons. The quantitative estimate of drug-likeness (QED) is 0.265. The first kappa shape index (κ1) is 25.0. The zero-order chi connectivity index (χ0) is 18.8. The van der Waals surface area contributed by atoms with Crippen molar-refractivity contribution >= 4 is 8.80 Å². The van der Waals surface area contributed by atoms with Crippen LogP contribution in [0, 0.1) is 0 Å². The maximum absolute atomic E-state index is 6.29. The van der Waals surface area contributed by atoms with Crippen molar-refractivity contribution in [2.24, 2.45) is 5.73 Å². The van der Waals surface area contributed by atoms with Gasteiger partial charge in [-0.3, -0.25) is 0 Å². The molecule has 0 aliphatic rings. The Morgan fingerprint density at radius 2 is 1.20 bits per heavy atom. The Bertz CT molecular complexity index is 256. The van der Waals surface area contributed by atoms with E-state index < -0.39 is 8.80 Å². The van der Waals surface area contributed by atoms with E-state index in [9.17, 15) is 0 Å². The van der Waals surface area contributed by atoms with Crippen molar-refractivity contribution in [2.75, 3.05) is 33.0 Å². The Labute approximate surface area is 157 Å². The molecule has 1 atom stereocenters. The molecule has 1 unspecified atom stereocenters. The number of ether oxygens (including phenoxy) is 1. The molecule has 0 aliphatic carbocycles. The summed E-state index contributed by atoms with van der Waals surface area (Å²) in [6.45, 7) is 12.1. The van der Waals surface area contributed by atoms with Gasteiger partial charge in [0.25, 0.3) is 0 Å². The molecule has 0 aromatic rings. The van der Waals surface area contributed by atoms with Gasteiger partial charge in [-0.15, -0.1) is 0 Å². The zero-order valence-electron chi connectivity index (χ0n) is 17.2. The first-order chi connectivity index (χ1) is 12.2. The van der Waals surface area contributed by atoms with Crippen LogP contribution in [0.1, 0.15) is 79.1 Å². The predicted molar refractivity (Wildman–Crippen MR) is 107 cm³/mol. The van der Waals surface area contributed by atoms with Crippen LogP contribution in [0.4, 0.5) is 0 Å². The highest BCUT2D eigenvalue weighted by atomic mass is 28.4. The molecule has 0 aliphatic heterocycles. The van der Waals surface area contributed by atoms with Crippen molar-refractivity contribution in [1.82, 2.24) is 0 Å². The highest BCUT2D eigenvalue weighted by Crippen LogP contribution is 2.23. The van der Waals surface area contributed by atoms with Gasteiger partial charge in [0.15, 0.2) is 0 Å². The minimum atomic E-state index is -2.71. The number of unbranched alkanes of at least 4 members (excludes halogenated alkanes) is 3. The third kappa shape index (κ3) is 12.9.